The lowest BCUT2D eigenvalue weighted by molar-refractivity contribution is -0.203. The maximum atomic E-state index is 12.3. The summed E-state index contributed by atoms with van der Waals surface area (Å²) in [4.78, 5) is 20.8. The van der Waals surface area contributed by atoms with E-state index in [0.717, 1.165) is 36.5 Å². The molecule has 6 heteroatoms. The summed E-state index contributed by atoms with van der Waals surface area (Å²) >= 11 is 0. The van der Waals surface area contributed by atoms with Crippen molar-refractivity contribution in [3.05, 3.63) is 53.6 Å². The van der Waals surface area contributed by atoms with Gasteiger partial charge in [-0.05, 0) is 30.5 Å². The predicted octanol–water partition coefficient (Wildman–Crippen LogP) is 2.02. The standard InChI is InChI=1S/C18H18N4O2/c23-18(12-7-20-17(21-8-12)11-1-2-11)22-13-5-3-10(4-6-13)16-15-14(24-16)9-19-15/h3-8,11,14-16,19H,1-2,9H2,(H,22,23)/t14?,15-,16+/m1/s1. The van der Waals surface area contributed by atoms with Gasteiger partial charge in [-0.1, -0.05) is 12.1 Å². The quantitative estimate of drug-likeness (QED) is 0.900. The summed E-state index contributed by atoms with van der Waals surface area (Å²) in [5.74, 6) is 1.15. The molecule has 3 fully saturated rings. The third-order valence-corrected chi connectivity index (χ3v) is 4.98. The van der Waals surface area contributed by atoms with Crippen molar-refractivity contribution in [3.63, 3.8) is 0 Å². The van der Waals surface area contributed by atoms with Gasteiger partial charge in [-0.25, -0.2) is 9.97 Å². The summed E-state index contributed by atoms with van der Waals surface area (Å²) in [6.45, 7) is 0.955. The van der Waals surface area contributed by atoms with Crippen LogP contribution in [0.3, 0.4) is 0 Å². The molecule has 1 amide bonds. The second kappa shape index (κ2) is 5.36. The van der Waals surface area contributed by atoms with E-state index >= 15 is 0 Å². The van der Waals surface area contributed by atoms with Crippen LogP contribution in [0.2, 0.25) is 0 Å². The van der Waals surface area contributed by atoms with E-state index in [1.165, 1.54) is 0 Å². The Morgan fingerprint density at radius 2 is 1.92 bits per heavy atom. The molecule has 1 saturated carbocycles. The second-order valence-corrected chi connectivity index (χ2v) is 6.71. The Balaban J connectivity index is 1.24. The number of anilines is 1. The number of amides is 1. The molecule has 1 aromatic carbocycles. The maximum absolute atomic E-state index is 12.3. The molecule has 24 heavy (non-hydrogen) atoms. The number of morpholine rings is 1. The third kappa shape index (κ3) is 2.39. The van der Waals surface area contributed by atoms with E-state index in [0.29, 0.717) is 23.6 Å². The van der Waals surface area contributed by atoms with E-state index in [1.54, 1.807) is 12.4 Å². The molecule has 3 heterocycles. The molecule has 2 saturated heterocycles. The van der Waals surface area contributed by atoms with Gasteiger partial charge in [-0.3, -0.25) is 4.79 Å². The van der Waals surface area contributed by atoms with E-state index in [2.05, 4.69) is 20.6 Å². The molecular weight excluding hydrogens is 304 g/mol. The van der Waals surface area contributed by atoms with Crippen molar-refractivity contribution >= 4 is 11.6 Å². The van der Waals surface area contributed by atoms with Gasteiger partial charge in [-0.2, -0.15) is 0 Å². The first-order valence-electron chi connectivity index (χ1n) is 8.40. The van der Waals surface area contributed by atoms with E-state index in [-0.39, 0.29) is 12.0 Å². The van der Waals surface area contributed by atoms with Crippen LogP contribution in [0.15, 0.2) is 36.7 Å². The first kappa shape index (κ1) is 14.1. The molecule has 1 aromatic heterocycles. The van der Waals surface area contributed by atoms with Crippen molar-refractivity contribution in [1.29, 1.82) is 0 Å². The van der Waals surface area contributed by atoms with E-state index in [1.807, 2.05) is 24.3 Å². The van der Waals surface area contributed by atoms with Gasteiger partial charge in [-0.15, -0.1) is 0 Å². The van der Waals surface area contributed by atoms with E-state index in [9.17, 15) is 4.79 Å². The molecule has 1 aliphatic carbocycles. The lowest BCUT2D eigenvalue weighted by Crippen LogP contribution is -2.69. The Labute approximate surface area is 139 Å². The first-order valence-corrected chi connectivity index (χ1v) is 8.40. The predicted molar refractivity (Wildman–Crippen MR) is 87.8 cm³/mol. The number of hydrogen-bond donors (Lipinski definition) is 2. The molecular formula is C18H18N4O2. The molecule has 2 aromatic rings. The SMILES string of the molecule is O=C(Nc1ccc([C@@H]2OC3CN[C@H]32)cc1)c1cnc(C2CC2)nc1. The lowest BCUT2D eigenvalue weighted by Gasteiger charge is -2.53. The number of hydrogen-bond acceptors (Lipinski definition) is 5. The molecule has 2 aliphatic heterocycles. The third-order valence-electron chi connectivity index (χ3n) is 4.98. The zero-order chi connectivity index (χ0) is 16.1. The lowest BCUT2D eigenvalue weighted by atomic mass is 9.86. The largest absolute Gasteiger partial charge is 0.365 e. The Morgan fingerprint density at radius 3 is 2.46 bits per heavy atom. The summed E-state index contributed by atoms with van der Waals surface area (Å²) in [5, 5.41) is 6.25. The number of benzene rings is 1. The van der Waals surface area contributed by atoms with Gasteiger partial charge in [0.2, 0.25) is 0 Å². The summed E-state index contributed by atoms with van der Waals surface area (Å²) in [6, 6.07) is 8.27. The van der Waals surface area contributed by atoms with Crippen LogP contribution < -0.4 is 10.6 Å². The highest BCUT2D eigenvalue weighted by Gasteiger charge is 2.49. The van der Waals surface area contributed by atoms with Crippen molar-refractivity contribution in [1.82, 2.24) is 15.3 Å². The summed E-state index contributed by atoms with van der Waals surface area (Å²) < 4.78 is 5.78. The number of carbonyl (C=O) groups excluding carboxylic acids is 1. The van der Waals surface area contributed by atoms with Gasteiger partial charge < -0.3 is 15.4 Å². The van der Waals surface area contributed by atoms with E-state index in [4.69, 9.17) is 4.74 Å². The van der Waals surface area contributed by atoms with Crippen LogP contribution in [-0.2, 0) is 4.74 Å². The number of carbonyl (C=O) groups is 1. The van der Waals surface area contributed by atoms with Gasteiger partial charge >= 0.3 is 0 Å². The molecule has 1 unspecified atom stereocenters. The molecule has 3 aliphatic rings. The van der Waals surface area contributed by atoms with Gasteiger partial charge in [0, 0.05) is 30.5 Å². The minimum Gasteiger partial charge on any atom is -0.365 e. The monoisotopic (exact) mass is 322 g/mol. The number of rotatable bonds is 4. The Hall–Kier alpha value is -2.31. The van der Waals surface area contributed by atoms with Crippen LogP contribution in [0, 0.1) is 0 Å². The first-order chi connectivity index (χ1) is 11.8. The van der Waals surface area contributed by atoms with Crippen LogP contribution in [0.25, 0.3) is 0 Å². The number of nitrogens with one attached hydrogen (secondary N) is 2. The topological polar surface area (TPSA) is 76.1 Å². The average Bonchev–Trinajstić information content (AvgIpc) is 3.43. The highest BCUT2D eigenvalue weighted by Crippen LogP contribution is 2.40. The summed E-state index contributed by atoms with van der Waals surface area (Å²) in [5.41, 5.74) is 2.37. The molecule has 122 valence electrons. The smallest absolute Gasteiger partial charge is 0.258 e. The zero-order valence-electron chi connectivity index (χ0n) is 13.1. The Bertz CT molecular complexity index is 771. The fourth-order valence-electron chi connectivity index (χ4n) is 3.22. The van der Waals surface area contributed by atoms with Crippen LogP contribution in [0.4, 0.5) is 5.69 Å². The number of nitrogens with zero attached hydrogens (tertiary/aromatic N) is 2. The van der Waals surface area contributed by atoms with Crippen LogP contribution in [0.1, 0.15) is 46.6 Å². The van der Waals surface area contributed by atoms with Gasteiger partial charge in [0.1, 0.15) is 11.9 Å². The van der Waals surface area contributed by atoms with E-state index < -0.39 is 0 Å². The second-order valence-electron chi connectivity index (χ2n) is 6.71. The van der Waals surface area contributed by atoms with Gasteiger partial charge in [0.15, 0.2) is 0 Å². The Morgan fingerprint density at radius 1 is 1.17 bits per heavy atom. The van der Waals surface area contributed by atoms with Crippen molar-refractivity contribution in [3.8, 4) is 0 Å². The van der Waals surface area contributed by atoms with Gasteiger partial charge in [0.25, 0.3) is 5.91 Å². The normalized spacial score (nSPS) is 27.6. The average molecular weight is 322 g/mol. The highest BCUT2D eigenvalue weighted by atomic mass is 16.5. The fourth-order valence-corrected chi connectivity index (χ4v) is 3.22. The molecule has 6 nitrogen and oxygen atoms in total. The molecule has 0 spiro atoms. The molecule has 3 atom stereocenters. The van der Waals surface area contributed by atoms with Gasteiger partial charge in [0.05, 0.1) is 17.7 Å². The molecule has 5 rings (SSSR count). The highest BCUT2D eigenvalue weighted by molar-refractivity contribution is 6.03. The van der Waals surface area contributed by atoms with Crippen molar-refractivity contribution < 1.29 is 9.53 Å². The molecule has 2 N–H and O–H groups in total. The molecule has 0 bridgehead atoms. The zero-order valence-corrected chi connectivity index (χ0v) is 13.1. The van der Waals surface area contributed by atoms with Crippen LogP contribution >= 0.6 is 0 Å². The fraction of sp³-hybridized carbons (Fsp3) is 0.389. The molecule has 0 radical (unpaired) electrons. The maximum Gasteiger partial charge on any atom is 0.258 e. The minimum atomic E-state index is -0.189. The summed E-state index contributed by atoms with van der Waals surface area (Å²) in [7, 11) is 0. The Kier molecular flexibility index (Phi) is 3.14. The van der Waals surface area contributed by atoms with Crippen molar-refractivity contribution in [2.24, 2.45) is 0 Å². The minimum absolute atomic E-state index is 0.136. The van der Waals surface area contributed by atoms with Crippen LogP contribution in [-0.4, -0.2) is 34.6 Å². The van der Waals surface area contributed by atoms with Crippen molar-refractivity contribution in [2.75, 3.05) is 11.9 Å². The number of aromatic nitrogens is 2. The van der Waals surface area contributed by atoms with Crippen molar-refractivity contribution in [2.45, 2.75) is 37.0 Å². The number of fused-ring (bicyclic) bond motifs is 1. The van der Waals surface area contributed by atoms with Crippen LogP contribution in [0.5, 0.6) is 0 Å². The summed E-state index contributed by atoms with van der Waals surface area (Å²) in [6.07, 6.45) is 6.04. The number of ether oxygens (including phenoxy) is 1.